The van der Waals surface area contributed by atoms with E-state index < -0.39 is 5.91 Å². The molecule has 13 heavy (non-hydrogen) atoms. The van der Waals surface area contributed by atoms with Gasteiger partial charge in [-0.2, -0.15) is 0 Å². The second kappa shape index (κ2) is 4.12. The molecule has 0 unspecified atom stereocenters. The highest BCUT2D eigenvalue weighted by molar-refractivity contribution is 5.78. The maximum Gasteiger partial charge on any atom is 0.229 e. The van der Waals surface area contributed by atoms with Crippen molar-refractivity contribution in [2.45, 2.75) is 6.42 Å². The van der Waals surface area contributed by atoms with E-state index in [4.69, 9.17) is 10.2 Å². The van der Waals surface area contributed by atoms with Gasteiger partial charge in [-0.05, 0) is 6.07 Å². The molecular formula is C9H7NO3. The predicted molar refractivity (Wildman–Crippen MR) is 44.8 cm³/mol. The van der Waals surface area contributed by atoms with Crippen molar-refractivity contribution in [3.8, 4) is 11.8 Å². The molecule has 0 aliphatic heterocycles. The fraction of sp³-hybridized carbons (Fsp3) is 0.111. The van der Waals surface area contributed by atoms with Gasteiger partial charge in [-0.25, -0.2) is 0 Å². The highest BCUT2D eigenvalue weighted by atomic mass is 16.3. The van der Waals surface area contributed by atoms with Crippen molar-refractivity contribution in [3.63, 3.8) is 0 Å². The van der Waals surface area contributed by atoms with Gasteiger partial charge in [-0.1, -0.05) is 11.8 Å². The molecule has 0 saturated carbocycles. The van der Waals surface area contributed by atoms with Crippen LogP contribution in [-0.2, 0) is 4.79 Å². The first-order valence-electron chi connectivity index (χ1n) is 3.54. The van der Waals surface area contributed by atoms with Gasteiger partial charge in [0.15, 0.2) is 12.0 Å². The number of carbonyl (C=O) groups is 2. The third-order valence-electron chi connectivity index (χ3n) is 1.29. The Morgan fingerprint density at radius 2 is 2.46 bits per heavy atom. The zero-order valence-electron chi connectivity index (χ0n) is 6.74. The predicted octanol–water partition coefficient (Wildman–Crippen LogP) is 0.319. The monoisotopic (exact) mass is 177 g/mol. The number of furan rings is 1. The van der Waals surface area contributed by atoms with Crippen molar-refractivity contribution >= 4 is 12.2 Å². The number of primary amides is 1. The average molecular weight is 177 g/mol. The first-order valence-corrected chi connectivity index (χ1v) is 3.54. The van der Waals surface area contributed by atoms with Gasteiger partial charge in [-0.3, -0.25) is 9.59 Å². The maximum absolute atomic E-state index is 10.3. The summed E-state index contributed by atoms with van der Waals surface area (Å²) >= 11 is 0. The molecule has 0 radical (unpaired) electrons. The molecule has 0 atom stereocenters. The topological polar surface area (TPSA) is 73.3 Å². The van der Waals surface area contributed by atoms with Gasteiger partial charge < -0.3 is 10.2 Å². The lowest BCUT2D eigenvalue weighted by atomic mass is 10.2. The number of rotatable bonds is 2. The quantitative estimate of drug-likeness (QED) is 0.522. The molecule has 0 fully saturated rings. The Morgan fingerprint density at radius 1 is 1.69 bits per heavy atom. The number of amides is 1. The lowest BCUT2D eigenvalue weighted by Crippen LogP contribution is -2.08. The minimum atomic E-state index is -0.497. The van der Waals surface area contributed by atoms with E-state index >= 15 is 0 Å². The molecule has 2 N–H and O–H groups in total. The summed E-state index contributed by atoms with van der Waals surface area (Å²) in [5, 5.41) is 0. The molecule has 4 nitrogen and oxygen atoms in total. The van der Waals surface area contributed by atoms with Gasteiger partial charge in [0.05, 0.1) is 18.2 Å². The lowest BCUT2D eigenvalue weighted by molar-refractivity contribution is -0.117. The summed E-state index contributed by atoms with van der Waals surface area (Å²) in [5.74, 6) is 4.79. The standard InChI is InChI=1S/C9H7NO3/c10-9(12)3-1-2-7-4-5-13-8(7)6-11/h4-6H,3H2,(H2,10,12). The van der Waals surface area contributed by atoms with E-state index in [1.807, 2.05) is 0 Å². The fourth-order valence-corrected chi connectivity index (χ4v) is 0.742. The van der Waals surface area contributed by atoms with Gasteiger partial charge in [0.25, 0.3) is 0 Å². The summed E-state index contributed by atoms with van der Waals surface area (Å²) < 4.78 is 4.78. The second-order valence-electron chi connectivity index (χ2n) is 2.26. The number of carbonyl (C=O) groups excluding carboxylic acids is 2. The van der Waals surface area contributed by atoms with Gasteiger partial charge >= 0.3 is 0 Å². The van der Waals surface area contributed by atoms with Gasteiger partial charge in [0.2, 0.25) is 5.91 Å². The van der Waals surface area contributed by atoms with E-state index in [0.29, 0.717) is 11.8 Å². The minimum Gasteiger partial charge on any atom is -0.460 e. The Morgan fingerprint density at radius 3 is 3.08 bits per heavy atom. The molecule has 0 aliphatic rings. The first-order chi connectivity index (χ1) is 6.24. The fourth-order valence-electron chi connectivity index (χ4n) is 0.742. The maximum atomic E-state index is 10.3. The van der Waals surface area contributed by atoms with Gasteiger partial charge in [0, 0.05) is 0 Å². The molecule has 4 heteroatoms. The van der Waals surface area contributed by atoms with Crippen LogP contribution in [0, 0.1) is 11.8 Å². The number of aldehydes is 1. The van der Waals surface area contributed by atoms with E-state index in [1.165, 1.54) is 6.26 Å². The van der Waals surface area contributed by atoms with Crippen molar-refractivity contribution in [2.75, 3.05) is 0 Å². The normalized spacial score (nSPS) is 8.62. The SMILES string of the molecule is NC(=O)CC#Cc1ccoc1C=O. The molecule has 0 bridgehead atoms. The molecule has 0 aromatic carbocycles. The third kappa shape index (κ3) is 2.49. The summed E-state index contributed by atoms with van der Waals surface area (Å²) in [6, 6.07) is 1.55. The van der Waals surface area contributed by atoms with Crippen LogP contribution < -0.4 is 5.73 Å². The van der Waals surface area contributed by atoms with Crippen LogP contribution in [0.5, 0.6) is 0 Å². The zero-order valence-corrected chi connectivity index (χ0v) is 6.74. The Bertz CT molecular complexity index is 381. The molecular weight excluding hydrogens is 170 g/mol. The molecule has 0 aliphatic carbocycles. The van der Waals surface area contributed by atoms with Crippen molar-refractivity contribution < 1.29 is 14.0 Å². The van der Waals surface area contributed by atoms with Gasteiger partial charge in [-0.15, -0.1) is 0 Å². The number of hydrogen-bond acceptors (Lipinski definition) is 3. The molecule has 1 aromatic heterocycles. The van der Waals surface area contributed by atoms with Crippen LogP contribution in [0.1, 0.15) is 22.5 Å². The molecule has 0 saturated heterocycles. The Labute approximate surface area is 74.7 Å². The summed E-state index contributed by atoms with van der Waals surface area (Å²) in [7, 11) is 0. The largest absolute Gasteiger partial charge is 0.460 e. The van der Waals surface area contributed by atoms with Crippen molar-refractivity contribution in [1.29, 1.82) is 0 Å². The molecule has 1 rings (SSSR count). The second-order valence-corrected chi connectivity index (χ2v) is 2.26. The highest BCUT2D eigenvalue weighted by Crippen LogP contribution is 2.05. The minimum absolute atomic E-state index is 0.0243. The summed E-state index contributed by atoms with van der Waals surface area (Å²) in [5.41, 5.74) is 5.34. The summed E-state index contributed by atoms with van der Waals surface area (Å²) in [4.78, 5) is 20.6. The summed E-state index contributed by atoms with van der Waals surface area (Å²) in [6.45, 7) is 0. The first kappa shape index (κ1) is 9.07. The van der Waals surface area contributed by atoms with E-state index in [1.54, 1.807) is 6.07 Å². The third-order valence-corrected chi connectivity index (χ3v) is 1.29. The van der Waals surface area contributed by atoms with Crippen molar-refractivity contribution in [2.24, 2.45) is 5.73 Å². The smallest absolute Gasteiger partial charge is 0.229 e. The Hall–Kier alpha value is -2.02. The van der Waals surface area contributed by atoms with Crippen molar-refractivity contribution in [3.05, 3.63) is 23.7 Å². The van der Waals surface area contributed by atoms with E-state index in [9.17, 15) is 9.59 Å². The van der Waals surface area contributed by atoms with Crippen LogP contribution >= 0.6 is 0 Å². The molecule has 66 valence electrons. The zero-order chi connectivity index (χ0) is 9.68. The van der Waals surface area contributed by atoms with Gasteiger partial charge in [0.1, 0.15) is 0 Å². The van der Waals surface area contributed by atoms with Crippen LogP contribution in [0.3, 0.4) is 0 Å². The molecule has 1 aromatic rings. The number of nitrogens with two attached hydrogens (primary N) is 1. The van der Waals surface area contributed by atoms with Crippen molar-refractivity contribution in [1.82, 2.24) is 0 Å². The van der Waals surface area contributed by atoms with E-state index in [0.717, 1.165) is 0 Å². The Kier molecular flexibility index (Phi) is 2.87. The van der Waals surface area contributed by atoms with Crippen LogP contribution in [0.25, 0.3) is 0 Å². The molecule has 1 heterocycles. The van der Waals surface area contributed by atoms with E-state index in [2.05, 4.69) is 11.8 Å². The van der Waals surface area contributed by atoms with Crippen LogP contribution in [-0.4, -0.2) is 12.2 Å². The number of hydrogen-bond donors (Lipinski definition) is 1. The molecule has 0 spiro atoms. The highest BCUT2D eigenvalue weighted by Gasteiger charge is 2.00. The van der Waals surface area contributed by atoms with E-state index in [-0.39, 0.29) is 12.2 Å². The summed E-state index contributed by atoms with van der Waals surface area (Å²) in [6.07, 6.45) is 1.90. The van der Waals surface area contributed by atoms with Crippen LogP contribution in [0.4, 0.5) is 0 Å². The lowest BCUT2D eigenvalue weighted by Gasteiger charge is -1.82. The Balaban J connectivity index is 2.76. The van der Waals surface area contributed by atoms with Crippen LogP contribution in [0.15, 0.2) is 16.7 Å². The van der Waals surface area contributed by atoms with Crippen LogP contribution in [0.2, 0.25) is 0 Å². The molecule has 1 amide bonds. The average Bonchev–Trinajstić information content (AvgIpc) is 2.51.